The molecular weight excluding hydrogens is 278 g/mol. The van der Waals surface area contributed by atoms with E-state index in [-0.39, 0.29) is 5.78 Å². The summed E-state index contributed by atoms with van der Waals surface area (Å²) in [7, 11) is 0. The summed E-state index contributed by atoms with van der Waals surface area (Å²) in [5, 5.41) is 6.75. The highest BCUT2D eigenvalue weighted by Gasteiger charge is 2.07. The number of carbonyl (C=O) groups excluding carboxylic acids is 1. The summed E-state index contributed by atoms with van der Waals surface area (Å²) < 4.78 is 5.71. The molecular formula is C17H15N3O2. The molecule has 0 unspecified atom stereocenters. The monoisotopic (exact) mass is 293 g/mol. The molecule has 0 aliphatic heterocycles. The van der Waals surface area contributed by atoms with Crippen molar-refractivity contribution < 1.29 is 9.53 Å². The van der Waals surface area contributed by atoms with Gasteiger partial charge in [0.05, 0.1) is 17.6 Å². The molecule has 2 heterocycles. The van der Waals surface area contributed by atoms with E-state index in [2.05, 4.69) is 15.2 Å². The molecule has 5 nitrogen and oxygen atoms in total. The number of ketones is 1. The van der Waals surface area contributed by atoms with Gasteiger partial charge in [-0.15, -0.1) is 0 Å². The Morgan fingerprint density at radius 1 is 1.18 bits per heavy atom. The molecule has 0 bridgehead atoms. The maximum absolute atomic E-state index is 11.6. The number of pyridine rings is 1. The number of nitrogens with one attached hydrogen (secondary N) is 1. The summed E-state index contributed by atoms with van der Waals surface area (Å²) in [6, 6.07) is 13.0. The maximum Gasteiger partial charge on any atom is 0.160 e. The van der Waals surface area contributed by atoms with E-state index in [1.54, 1.807) is 25.4 Å². The number of rotatable bonds is 5. The first-order chi connectivity index (χ1) is 10.7. The highest BCUT2D eigenvalue weighted by molar-refractivity contribution is 5.95. The van der Waals surface area contributed by atoms with E-state index in [0.717, 1.165) is 17.0 Å². The maximum atomic E-state index is 11.6. The van der Waals surface area contributed by atoms with Crippen LogP contribution in [0.3, 0.4) is 0 Å². The van der Waals surface area contributed by atoms with E-state index in [4.69, 9.17) is 4.74 Å². The number of aromatic nitrogens is 3. The van der Waals surface area contributed by atoms with Crippen LogP contribution in [-0.4, -0.2) is 21.0 Å². The van der Waals surface area contributed by atoms with E-state index in [9.17, 15) is 4.79 Å². The first kappa shape index (κ1) is 14.0. The molecule has 0 atom stereocenters. The van der Waals surface area contributed by atoms with Gasteiger partial charge in [-0.1, -0.05) is 24.3 Å². The lowest BCUT2D eigenvalue weighted by molar-refractivity contribution is 0.101. The average Bonchev–Trinajstić information content (AvgIpc) is 3.08. The van der Waals surface area contributed by atoms with Gasteiger partial charge in [0.25, 0.3) is 0 Å². The molecule has 0 spiro atoms. The number of carbonyl (C=O) groups is 1. The Balaban J connectivity index is 1.71. The fraction of sp³-hybridized carbons (Fsp3) is 0.118. The van der Waals surface area contributed by atoms with Crippen molar-refractivity contribution in [3.63, 3.8) is 0 Å². The van der Waals surface area contributed by atoms with Gasteiger partial charge in [0.1, 0.15) is 12.4 Å². The second-order valence-corrected chi connectivity index (χ2v) is 4.85. The number of hydrogen-bond donors (Lipinski definition) is 1. The molecule has 0 saturated carbocycles. The normalized spacial score (nSPS) is 10.4. The summed E-state index contributed by atoms with van der Waals surface area (Å²) in [6.45, 7) is 1.89. The zero-order valence-corrected chi connectivity index (χ0v) is 12.1. The topological polar surface area (TPSA) is 67.9 Å². The summed E-state index contributed by atoms with van der Waals surface area (Å²) in [6.07, 6.45) is 3.34. The van der Waals surface area contributed by atoms with Gasteiger partial charge in [-0.2, -0.15) is 5.10 Å². The van der Waals surface area contributed by atoms with E-state index in [0.29, 0.717) is 17.9 Å². The second kappa shape index (κ2) is 6.22. The number of aromatic amines is 1. The molecule has 3 rings (SSSR count). The van der Waals surface area contributed by atoms with Crippen LogP contribution < -0.4 is 4.74 Å². The third-order valence-electron chi connectivity index (χ3n) is 3.30. The lowest BCUT2D eigenvalue weighted by Crippen LogP contribution is -2.03. The van der Waals surface area contributed by atoms with Crippen LogP contribution in [-0.2, 0) is 6.61 Å². The van der Waals surface area contributed by atoms with Gasteiger partial charge in [-0.25, -0.2) is 0 Å². The van der Waals surface area contributed by atoms with Crippen molar-refractivity contribution >= 4 is 5.78 Å². The van der Waals surface area contributed by atoms with Crippen molar-refractivity contribution in [2.45, 2.75) is 13.5 Å². The Bertz CT molecular complexity index is 765. The van der Waals surface area contributed by atoms with E-state index in [1.165, 1.54) is 0 Å². The fourth-order valence-electron chi connectivity index (χ4n) is 2.17. The van der Waals surface area contributed by atoms with Gasteiger partial charge in [-0.3, -0.25) is 14.9 Å². The summed E-state index contributed by atoms with van der Waals surface area (Å²) >= 11 is 0. The zero-order valence-electron chi connectivity index (χ0n) is 12.1. The number of benzene rings is 1. The minimum Gasteiger partial charge on any atom is -0.487 e. The Labute approximate surface area is 128 Å². The Kier molecular flexibility index (Phi) is 3.96. The third-order valence-corrected chi connectivity index (χ3v) is 3.30. The van der Waals surface area contributed by atoms with Gasteiger partial charge in [0.15, 0.2) is 5.78 Å². The largest absolute Gasteiger partial charge is 0.487 e. The Morgan fingerprint density at radius 3 is 2.73 bits per heavy atom. The standard InChI is InChI=1S/C17H15N3O2/c1-12(21)15-5-3-2-4-13(15)11-22-14-6-7-16(18-10-14)17-8-9-19-20-17/h2-10H,11H2,1H3,(H,19,20). The van der Waals surface area contributed by atoms with Crippen LogP contribution in [0.25, 0.3) is 11.4 Å². The van der Waals surface area contributed by atoms with Crippen LogP contribution >= 0.6 is 0 Å². The number of ether oxygens (including phenoxy) is 1. The van der Waals surface area contributed by atoms with Crippen molar-refractivity contribution in [2.24, 2.45) is 0 Å². The van der Waals surface area contributed by atoms with Crippen LogP contribution in [0.15, 0.2) is 54.9 Å². The number of Topliss-reactive ketones (excluding diaryl/α,β-unsaturated/α-hetero) is 1. The SMILES string of the molecule is CC(=O)c1ccccc1COc1ccc(-c2ccn[nH]2)nc1. The predicted molar refractivity (Wildman–Crippen MR) is 82.6 cm³/mol. The molecule has 0 fully saturated rings. The molecule has 0 aliphatic rings. The molecule has 0 radical (unpaired) electrons. The summed E-state index contributed by atoms with van der Waals surface area (Å²) in [5.74, 6) is 0.688. The van der Waals surface area contributed by atoms with Crippen LogP contribution in [0, 0.1) is 0 Å². The molecule has 110 valence electrons. The Hall–Kier alpha value is -2.95. The fourth-order valence-corrected chi connectivity index (χ4v) is 2.17. The highest BCUT2D eigenvalue weighted by atomic mass is 16.5. The Morgan fingerprint density at radius 2 is 2.05 bits per heavy atom. The van der Waals surface area contributed by atoms with Crippen LogP contribution in [0.5, 0.6) is 5.75 Å². The van der Waals surface area contributed by atoms with Gasteiger partial charge >= 0.3 is 0 Å². The highest BCUT2D eigenvalue weighted by Crippen LogP contribution is 2.18. The predicted octanol–water partition coefficient (Wildman–Crippen LogP) is 3.25. The first-order valence-corrected chi connectivity index (χ1v) is 6.91. The number of H-pyrrole nitrogens is 1. The second-order valence-electron chi connectivity index (χ2n) is 4.85. The van der Waals surface area contributed by atoms with Gasteiger partial charge in [0, 0.05) is 17.3 Å². The average molecular weight is 293 g/mol. The molecule has 3 aromatic rings. The van der Waals surface area contributed by atoms with E-state index >= 15 is 0 Å². The quantitative estimate of drug-likeness (QED) is 0.733. The first-order valence-electron chi connectivity index (χ1n) is 6.91. The molecule has 0 amide bonds. The van der Waals surface area contributed by atoms with Crippen molar-refractivity contribution in [3.05, 3.63) is 66.0 Å². The van der Waals surface area contributed by atoms with E-state index in [1.807, 2.05) is 36.4 Å². The molecule has 0 aliphatic carbocycles. The lowest BCUT2D eigenvalue weighted by Gasteiger charge is -2.09. The minimum atomic E-state index is 0.0342. The summed E-state index contributed by atoms with van der Waals surface area (Å²) in [4.78, 5) is 15.9. The number of nitrogens with zero attached hydrogens (tertiary/aromatic N) is 2. The van der Waals surface area contributed by atoms with Gasteiger partial charge in [-0.05, 0) is 25.1 Å². The van der Waals surface area contributed by atoms with Crippen LogP contribution in [0.1, 0.15) is 22.8 Å². The number of hydrogen-bond acceptors (Lipinski definition) is 4. The molecule has 22 heavy (non-hydrogen) atoms. The van der Waals surface area contributed by atoms with Crippen molar-refractivity contribution in [3.8, 4) is 17.1 Å². The lowest BCUT2D eigenvalue weighted by atomic mass is 10.1. The molecule has 2 aromatic heterocycles. The molecule has 1 aromatic carbocycles. The summed E-state index contributed by atoms with van der Waals surface area (Å²) in [5.41, 5.74) is 3.21. The van der Waals surface area contributed by atoms with Gasteiger partial charge in [0.2, 0.25) is 0 Å². The molecule has 5 heteroatoms. The van der Waals surface area contributed by atoms with Crippen LogP contribution in [0.2, 0.25) is 0 Å². The van der Waals surface area contributed by atoms with Crippen molar-refractivity contribution in [1.82, 2.24) is 15.2 Å². The van der Waals surface area contributed by atoms with Crippen molar-refractivity contribution in [2.75, 3.05) is 0 Å². The minimum absolute atomic E-state index is 0.0342. The van der Waals surface area contributed by atoms with E-state index < -0.39 is 0 Å². The molecule has 1 N–H and O–H groups in total. The van der Waals surface area contributed by atoms with Crippen molar-refractivity contribution in [1.29, 1.82) is 0 Å². The molecule has 0 saturated heterocycles. The van der Waals surface area contributed by atoms with Gasteiger partial charge < -0.3 is 4.74 Å². The van der Waals surface area contributed by atoms with Crippen LogP contribution in [0.4, 0.5) is 0 Å². The zero-order chi connectivity index (χ0) is 15.4. The smallest absolute Gasteiger partial charge is 0.160 e. The third kappa shape index (κ3) is 3.03.